The highest BCUT2D eigenvalue weighted by Gasteiger charge is 2.24. The van der Waals surface area contributed by atoms with E-state index in [0.717, 1.165) is 39.1 Å². The molecule has 0 unspecified atom stereocenters. The van der Waals surface area contributed by atoms with E-state index in [1.807, 2.05) is 6.07 Å². The Morgan fingerprint density at radius 1 is 1.50 bits per heavy atom. The van der Waals surface area contributed by atoms with Gasteiger partial charge in [0.2, 0.25) is 0 Å². The van der Waals surface area contributed by atoms with Gasteiger partial charge in [-0.05, 0) is 22.0 Å². The summed E-state index contributed by atoms with van der Waals surface area (Å²) in [4.78, 5) is 0. The van der Waals surface area contributed by atoms with Gasteiger partial charge in [-0.3, -0.25) is 5.10 Å². The summed E-state index contributed by atoms with van der Waals surface area (Å²) in [6.45, 7) is 0.675. The third-order valence-electron chi connectivity index (χ3n) is 3.05. The van der Waals surface area contributed by atoms with Crippen LogP contribution in [0.3, 0.4) is 0 Å². The molecule has 2 aromatic rings. The van der Waals surface area contributed by atoms with Crippen LogP contribution in [0, 0.1) is 0 Å². The van der Waals surface area contributed by atoms with E-state index in [4.69, 9.17) is 15.2 Å². The smallest absolute Gasteiger partial charge is 0.165 e. The van der Waals surface area contributed by atoms with Gasteiger partial charge >= 0.3 is 0 Å². The zero-order valence-electron chi connectivity index (χ0n) is 9.79. The lowest BCUT2D eigenvalue weighted by molar-refractivity contribution is 0.326. The van der Waals surface area contributed by atoms with Gasteiger partial charge in [0.15, 0.2) is 11.5 Å². The molecule has 2 heterocycles. The van der Waals surface area contributed by atoms with Crippen LogP contribution in [0.25, 0.3) is 11.1 Å². The highest BCUT2D eigenvalue weighted by molar-refractivity contribution is 9.10. The summed E-state index contributed by atoms with van der Waals surface area (Å²) < 4.78 is 12.0. The van der Waals surface area contributed by atoms with Gasteiger partial charge in [0.25, 0.3) is 0 Å². The maximum Gasteiger partial charge on any atom is 0.165 e. The van der Waals surface area contributed by atoms with E-state index in [2.05, 4.69) is 26.1 Å². The zero-order valence-corrected chi connectivity index (χ0v) is 11.4. The maximum atomic E-state index is 5.87. The fraction of sp³-hybridized carbons (Fsp3) is 0.250. The molecule has 1 aromatic carbocycles. The van der Waals surface area contributed by atoms with Crippen LogP contribution in [0.15, 0.2) is 16.7 Å². The number of aromatic amines is 1. The van der Waals surface area contributed by atoms with E-state index in [1.165, 1.54) is 0 Å². The number of nitrogens with one attached hydrogen (secondary N) is 1. The van der Waals surface area contributed by atoms with E-state index in [9.17, 15) is 0 Å². The van der Waals surface area contributed by atoms with Crippen molar-refractivity contribution in [3.8, 4) is 22.6 Å². The van der Waals surface area contributed by atoms with E-state index < -0.39 is 0 Å². The monoisotopic (exact) mass is 309 g/mol. The molecule has 0 fully saturated rings. The fourth-order valence-corrected chi connectivity index (χ4v) is 2.87. The Balaban J connectivity index is 2.25. The second kappa shape index (κ2) is 4.20. The van der Waals surface area contributed by atoms with Gasteiger partial charge in [0.05, 0.1) is 19.9 Å². The number of H-pyrrole nitrogens is 1. The highest BCUT2D eigenvalue weighted by Crippen LogP contribution is 2.46. The fourth-order valence-electron chi connectivity index (χ4n) is 2.17. The normalized spacial score (nSPS) is 13.2. The quantitative estimate of drug-likeness (QED) is 0.893. The van der Waals surface area contributed by atoms with Crippen LogP contribution in [-0.4, -0.2) is 23.9 Å². The first-order chi connectivity index (χ1) is 8.72. The standard InChI is InChI=1S/C12H12BrN3O2/c1-17-9-4-7(8-5-15-16-12(8)14)10(13)6-2-3-18-11(6)9/h4-5H,2-3H2,1H3,(H3,14,15,16). The molecule has 6 heteroatoms. The van der Waals surface area contributed by atoms with Crippen molar-refractivity contribution in [3.05, 3.63) is 22.3 Å². The van der Waals surface area contributed by atoms with Crippen LogP contribution in [0.1, 0.15) is 5.56 Å². The zero-order chi connectivity index (χ0) is 12.7. The number of benzene rings is 1. The SMILES string of the molecule is COc1cc(-c2cn[nH]c2N)c(Br)c2c1OCC2. The third kappa shape index (κ3) is 1.56. The molecule has 0 bridgehead atoms. The van der Waals surface area contributed by atoms with Crippen LogP contribution in [-0.2, 0) is 6.42 Å². The van der Waals surface area contributed by atoms with Gasteiger partial charge in [0, 0.05) is 27.6 Å². The Morgan fingerprint density at radius 2 is 2.33 bits per heavy atom. The number of rotatable bonds is 2. The lowest BCUT2D eigenvalue weighted by atomic mass is 10.0. The average Bonchev–Trinajstić information content (AvgIpc) is 2.99. The molecular weight excluding hydrogens is 298 g/mol. The Bertz CT molecular complexity index is 610. The molecule has 94 valence electrons. The molecule has 0 aliphatic carbocycles. The molecule has 1 aromatic heterocycles. The maximum absolute atomic E-state index is 5.87. The molecule has 1 aliphatic heterocycles. The summed E-state index contributed by atoms with van der Waals surface area (Å²) in [5.74, 6) is 2.08. The first-order valence-electron chi connectivity index (χ1n) is 5.53. The Kier molecular flexibility index (Phi) is 2.66. The van der Waals surface area contributed by atoms with Crippen LogP contribution in [0.4, 0.5) is 5.82 Å². The van der Waals surface area contributed by atoms with Gasteiger partial charge < -0.3 is 15.2 Å². The number of nitrogen functional groups attached to an aromatic ring is 1. The van der Waals surface area contributed by atoms with E-state index in [-0.39, 0.29) is 0 Å². The second-order valence-corrected chi connectivity index (χ2v) is 4.84. The highest BCUT2D eigenvalue weighted by atomic mass is 79.9. The number of fused-ring (bicyclic) bond motifs is 1. The van der Waals surface area contributed by atoms with Crippen molar-refractivity contribution in [2.24, 2.45) is 0 Å². The Labute approximate surface area is 112 Å². The van der Waals surface area contributed by atoms with Crippen molar-refractivity contribution >= 4 is 21.7 Å². The number of nitrogens with two attached hydrogens (primary N) is 1. The minimum Gasteiger partial charge on any atom is -0.493 e. The topological polar surface area (TPSA) is 73.2 Å². The summed E-state index contributed by atoms with van der Waals surface area (Å²) in [5.41, 5.74) is 8.80. The van der Waals surface area contributed by atoms with E-state index in [1.54, 1.807) is 13.3 Å². The van der Waals surface area contributed by atoms with E-state index in [0.29, 0.717) is 12.4 Å². The van der Waals surface area contributed by atoms with Crippen molar-refractivity contribution < 1.29 is 9.47 Å². The van der Waals surface area contributed by atoms with Gasteiger partial charge in [-0.2, -0.15) is 5.10 Å². The van der Waals surface area contributed by atoms with Crippen LogP contribution >= 0.6 is 15.9 Å². The van der Waals surface area contributed by atoms with Crippen LogP contribution in [0.2, 0.25) is 0 Å². The molecule has 3 N–H and O–H groups in total. The van der Waals surface area contributed by atoms with Crippen molar-refractivity contribution in [2.75, 3.05) is 19.5 Å². The summed E-state index contributed by atoms with van der Waals surface area (Å²) in [6, 6.07) is 1.91. The predicted molar refractivity (Wildman–Crippen MR) is 71.9 cm³/mol. The average molecular weight is 310 g/mol. The number of ether oxygens (including phenoxy) is 2. The summed E-state index contributed by atoms with van der Waals surface area (Å²) in [5, 5.41) is 6.68. The van der Waals surface area contributed by atoms with Gasteiger partial charge in [-0.15, -0.1) is 0 Å². The summed E-state index contributed by atoms with van der Waals surface area (Å²) in [7, 11) is 1.63. The van der Waals surface area contributed by atoms with Crippen molar-refractivity contribution in [1.82, 2.24) is 10.2 Å². The second-order valence-electron chi connectivity index (χ2n) is 4.04. The molecule has 3 rings (SSSR count). The minimum absolute atomic E-state index is 0.539. The van der Waals surface area contributed by atoms with Crippen LogP contribution < -0.4 is 15.2 Å². The lowest BCUT2D eigenvalue weighted by Crippen LogP contribution is -1.93. The first kappa shape index (κ1) is 11.4. The summed E-state index contributed by atoms with van der Waals surface area (Å²) in [6.07, 6.45) is 2.56. The molecule has 0 saturated carbocycles. The molecule has 0 spiro atoms. The van der Waals surface area contributed by atoms with Gasteiger partial charge in [0.1, 0.15) is 5.82 Å². The van der Waals surface area contributed by atoms with Gasteiger partial charge in [-0.25, -0.2) is 0 Å². The summed E-state index contributed by atoms with van der Waals surface area (Å²) >= 11 is 3.62. The first-order valence-corrected chi connectivity index (χ1v) is 6.33. The number of halogens is 1. The molecule has 1 aliphatic rings. The number of anilines is 1. The molecular formula is C12H12BrN3O2. The molecule has 0 saturated heterocycles. The molecule has 5 nitrogen and oxygen atoms in total. The van der Waals surface area contributed by atoms with Crippen molar-refractivity contribution in [1.29, 1.82) is 0 Å². The van der Waals surface area contributed by atoms with Crippen molar-refractivity contribution in [2.45, 2.75) is 6.42 Å². The van der Waals surface area contributed by atoms with Crippen molar-refractivity contribution in [3.63, 3.8) is 0 Å². The number of nitrogens with zero attached hydrogens (tertiary/aromatic N) is 1. The molecule has 0 amide bonds. The van der Waals surface area contributed by atoms with Gasteiger partial charge in [-0.1, -0.05) is 0 Å². The number of aromatic nitrogens is 2. The number of hydrogen-bond donors (Lipinski definition) is 2. The lowest BCUT2D eigenvalue weighted by Gasteiger charge is -2.12. The molecule has 0 atom stereocenters. The Morgan fingerprint density at radius 3 is 3.00 bits per heavy atom. The van der Waals surface area contributed by atoms with E-state index >= 15 is 0 Å². The Hall–Kier alpha value is -1.69. The minimum atomic E-state index is 0.539. The van der Waals surface area contributed by atoms with Crippen LogP contribution in [0.5, 0.6) is 11.5 Å². The number of methoxy groups -OCH3 is 1. The molecule has 18 heavy (non-hydrogen) atoms. The largest absolute Gasteiger partial charge is 0.493 e. The third-order valence-corrected chi connectivity index (χ3v) is 3.96. The predicted octanol–water partition coefficient (Wildman–Crippen LogP) is 2.36. The number of hydrogen-bond acceptors (Lipinski definition) is 4. The molecule has 0 radical (unpaired) electrons.